The standard InChI is InChI=1S/C14H18N4O3/c1-15-11-5-3-2-4-10(11)13(20)16-8-9-18-12(19)6-7-17-14(18)21/h2-5,15H,6-9H2,1H3,(H,16,20)(H,17,21). The number of para-hydroxylation sites is 1. The van der Waals surface area contributed by atoms with E-state index in [-0.39, 0.29) is 24.9 Å². The van der Waals surface area contributed by atoms with Crippen LogP contribution in [0.2, 0.25) is 0 Å². The number of carbonyl (C=O) groups is 3. The van der Waals surface area contributed by atoms with Gasteiger partial charge in [0.05, 0.1) is 5.56 Å². The molecule has 0 aliphatic carbocycles. The van der Waals surface area contributed by atoms with Gasteiger partial charge in [0.15, 0.2) is 0 Å². The molecule has 7 heteroatoms. The number of hydrogen-bond donors (Lipinski definition) is 3. The van der Waals surface area contributed by atoms with Crippen LogP contribution < -0.4 is 16.0 Å². The molecule has 7 nitrogen and oxygen atoms in total. The molecule has 0 unspecified atom stereocenters. The van der Waals surface area contributed by atoms with Gasteiger partial charge < -0.3 is 16.0 Å². The molecule has 0 radical (unpaired) electrons. The van der Waals surface area contributed by atoms with Crippen molar-refractivity contribution in [3.05, 3.63) is 29.8 Å². The van der Waals surface area contributed by atoms with Gasteiger partial charge in [-0.2, -0.15) is 0 Å². The number of nitrogens with one attached hydrogen (secondary N) is 3. The van der Waals surface area contributed by atoms with Crippen LogP contribution in [0, 0.1) is 0 Å². The van der Waals surface area contributed by atoms with Crippen molar-refractivity contribution in [2.45, 2.75) is 6.42 Å². The Morgan fingerprint density at radius 3 is 2.81 bits per heavy atom. The lowest BCUT2D eigenvalue weighted by Gasteiger charge is -2.25. The SMILES string of the molecule is CNc1ccccc1C(=O)NCCN1C(=O)CCNC1=O. The van der Waals surface area contributed by atoms with Crippen LogP contribution in [0.1, 0.15) is 16.8 Å². The molecule has 1 heterocycles. The topological polar surface area (TPSA) is 90.5 Å². The summed E-state index contributed by atoms with van der Waals surface area (Å²) in [7, 11) is 1.74. The number of benzene rings is 1. The van der Waals surface area contributed by atoms with Crippen LogP contribution in [0.15, 0.2) is 24.3 Å². The Hall–Kier alpha value is -2.57. The molecule has 0 bridgehead atoms. The lowest BCUT2D eigenvalue weighted by Crippen LogP contribution is -2.52. The second-order valence-corrected chi connectivity index (χ2v) is 4.58. The first kappa shape index (κ1) is 14.8. The van der Waals surface area contributed by atoms with Gasteiger partial charge in [0, 0.05) is 38.8 Å². The molecule has 21 heavy (non-hydrogen) atoms. The molecular weight excluding hydrogens is 272 g/mol. The van der Waals surface area contributed by atoms with Crippen molar-refractivity contribution >= 4 is 23.5 Å². The molecule has 0 aromatic heterocycles. The fourth-order valence-corrected chi connectivity index (χ4v) is 2.12. The minimum atomic E-state index is -0.406. The number of anilines is 1. The van der Waals surface area contributed by atoms with Crippen LogP contribution in [0.4, 0.5) is 10.5 Å². The third kappa shape index (κ3) is 3.50. The van der Waals surface area contributed by atoms with Crippen molar-refractivity contribution in [3.63, 3.8) is 0 Å². The van der Waals surface area contributed by atoms with Crippen LogP contribution in [0.3, 0.4) is 0 Å². The van der Waals surface area contributed by atoms with Gasteiger partial charge >= 0.3 is 6.03 Å². The molecule has 0 saturated carbocycles. The lowest BCUT2D eigenvalue weighted by molar-refractivity contribution is -0.129. The number of imide groups is 1. The molecule has 0 spiro atoms. The van der Waals surface area contributed by atoms with Gasteiger partial charge in [-0.1, -0.05) is 12.1 Å². The van der Waals surface area contributed by atoms with Crippen LogP contribution in [0.5, 0.6) is 0 Å². The van der Waals surface area contributed by atoms with E-state index in [4.69, 9.17) is 0 Å². The monoisotopic (exact) mass is 290 g/mol. The predicted molar refractivity (Wildman–Crippen MR) is 78.1 cm³/mol. The lowest BCUT2D eigenvalue weighted by atomic mass is 10.1. The molecule has 4 amide bonds. The summed E-state index contributed by atoms with van der Waals surface area (Å²) in [6, 6.07) is 6.71. The first-order valence-corrected chi connectivity index (χ1v) is 6.76. The smallest absolute Gasteiger partial charge is 0.324 e. The zero-order valence-corrected chi connectivity index (χ0v) is 11.8. The highest BCUT2D eigenvalue weighted by atomic mass is 16.2. The normalized spacial score (nSPS) is 14.6. The van der Waals surface area contributed by atoms with E-state index < -0.39 is 6.03 Å². The Bertz CT molecular complexity index is 543. The fourth-order valence-electron chi connectivity index (χ4n) is 2.12. The van der Waals surface area contributed by atoms with Crippen molar-refractivity contribution < 1.29 is 14.4 Å². The van der Waals surface area contributed by atoms with E-state index in [1.54, 1.807) is 25.2 Å². The summed E-state index contributed by atoms with van der Waals surface area (Å²) in [6.07, 6.45) is 0.294. The van der Waals surface area contributed by atoms with Gasteiger partial charge in [0.2, 0.25) is 5.91 Å². The quantitative estimate of drug-likeness (QED) is 0.732. The minimum Gasteiger partial charge on any atom is -0.387 e. The highest BCUT2D eigenvalue weighted by Crippen LogP contribution is 2.13. The van der Waals surface area contributed by atoms with E-state index in [0.717, 1.165) is 10.6 Å². The highest BCUT2D eigenvalue weighted by molar-refractivity contribution is 6.00. The van der Waals surface area contributed by atoms with Crippen molar-refractivity contribution in [2.75, 3.05) is 32.0 Å². The summed E-state index contributed by atoms with van der Waals surface area (Å²) < 4.78 is 0. The first-order chi connectivity index (χ1) is 10.1. The number of carbonyl (C=O) groups excluding carboxylic acids is 3. The average Bonchev–Trinajstić information content (AvgIpc) is 2.50. The molecule has 1 aromatic rings. The third-order valence-corrected chi connectivity index (χ3v) is 3.22. The van der Waals surface area contributed by atoms with Gasteiger partial charge in [-0.3, -0.25) is 14.5 Å². The molecule has 1 fully saturated rings. The van der Waals surface area contributed by atoms with E-state index in [1.807, 2.05) is 6.07 Å². The minimum absolute atomic E-state index is 0.165. The largest absolute Gasteiger partial charge is 0.387 e. The molecule has 1 aliphatic heterocycles. The first-order valence-electron chi connectivity index (χ1n) is 6.76. The maximum atomic E-state index is 12.1. The van der Waals surface area contributed by atoms with Crippen molar-refractivity contribution in [3.8, 4) is 0 Å². The highest BCUT2D eigenvalue weighted by Gasteiger charge is 2.25. The Kier molecular flexibility index (Phi) is 4.76. The maximum Gasteiger partial charge on any atom is 0.324 e. The van der Waals surface area contributed by atoms with Gasteiger partial charge in [-0.15, -0.1) is 0 Å². The van der Waals surface area contributed by atoms with E-state index in [0.29, 0.717) is 18.5 Å². The Balaban J connectivity index is 1.89. The molecule has 1 aliphatic rings. The van der Waals surface area contributed by atoms with Gasteiger partial charge in [-0.25, -0.2) is 4.79 Å². The predicted octanol–water partition coefficient (Wildman–Crippen LogP) is 0.400. The molecule has 1 saturated heterocycles. The van der Waals surface area contributed by atoms with Crippen LogP contribution >= 0.6 is 0 Å². The van der Waals surface area contributed by atoms with Crippen molar-refractivity contribution in [1.82, 2.24) is 15.5 Å². The van der Waals surface area contributed by atoms with Crippen molar-refractivity contribution in [1.29, 1.82) is 0 Å². The number of amides is 4. The van der Waals surface area contributed by atoms with Crippen molar-refractivity contribution in [2.24, 2.45) is 0 Å². The van der Waals surface area contributed by atoms with E-state index in [1.165, 1.54) is 0 Å². The van der Waals surface area contributed by atoms with Gasteiger partial charge in [0.1, 0.15) is 0 Å². The second-order valence-electron chi connectivity index (χ2n) is 4.58. The Morgan fingerprint density at radius 2 is 2.10 bits per heavy atom. The molecular formula is C14H18N4O3. The zero-order chi connectivity index (χ0) is 15.2. The Morgan fingerprint density at radius 1 is 1.33 bits per heavy atom. The summed E-state index contributed by atoms with van der Waals surface area (Å²) in [4.78, 5) is 36.3. The molecule has 2 rings (SSSR count). The number of urea groups is 1. The number of nitrogens with zero attached hydrogens (tertiary/aromatic N) is 1. The van der Waals surface area contributed by atoms with Crippen LogP contribution in [-0.2, 0) is 4.79 Å². The summed E-state index contributed by atoms with van der Waals surface area (Å²) in [5, 5.41) is 8.24. The summed E-state index contributed by atoms with van der Waals surface area (Å²) in [6.45, 7) is 0.754. The molecule has 0 atom stereocenters. The van der Waals surface area contributed by atoms with Gasteiger partial charge in [0.25, 0.3) is 5.91 Å². The molecule has 1 aromatic carbocycles. The summed E-state index contributed by atoms with van der Waals surface area (Å²) in [5.41, 5.74) is 1.25. The molecule has 112 valence electrons. The number of rotatable bonds is 5. The second kappa shape index (κ2) is 6.74. The van der Waals surface area contributed by atoms with E-state index in [2.05, 4.69) is 16.0 Å². The molecule has 3 N–H and O–H groups in total. The van der Waals surface area contributed by atoms with Crippen LogP contribution in [-0.4, -0.2) is 49.4 Å². The summed E-state index contributed by atoms with van der Waals surface area (Å²) in [5.74, 6) is -0.464. The Labute approximate surface area is 122 Å². The maximum absolute atomic E-state index is 12.1. The number of hydrogen-bond acceptors (Lipinski definition) is 4. The summed E-state index contributed by atoms with van der Waals surface area (Å²) >= 11 is 0. The zero-order valence-electron chi connectivity index (χ0n) is 11.8. The fraction of sp³-hybridized carbons (Fsp3) is 0.357. The van der Waals surface area contributed by atoms with Crippen LogP contribution in [0.25, 0.3) is 0 Å². The van der Waals surface area contributed by atoms with E-state index in [9.17, 15) is 14.4 Å². The van der Waals surface area contributed by atoms with E-state index >= 15 is 0 Å². The average molecular weight is 290 g/mol. The third-order valence-electron chi connectivity index (χ3n) is 3.22. The van der Waals surface area contributed by atoms with Gasteiger partial charge in [-0.05, 0) is 12.1 Å².